The Balaban J connectivity index is 1.82. The number of hydrogen-bond donors (Lipinski definition) is 1. The fraction of sp³-hybridized carbons (Fsp3) is 0.867. The molecule has 0 bridgehead atoms. The van der Waals surface area contributed by atoms with Gasteiger partial charge in [-0.2, -0.15) is 0 Å². The average Bonchev–Trinajstić information content (AvgIpc) is 3.00. The van der Waals surface area contributed by atoms with Gasteiger partial charge in [0.2, 0.25) is 5.89 Å². The van der Waals surface area contributed by atoms with E-state index in [1.165, 1.54) is 25.7 Å². The van der Waals surface area contributed by atoms with Gasteiger partial charge in [0.15, 0.2) is 0 Å². The van der Waals surface area contributed by atoms with Crippen LogP contribution in [0.4, 0.5) is 6.01 Å². The molecule has 21 heavy (non-hydrogen) atoms. The quantitative estimate of drug-likeness (QED) is 0.742. The largest absolute Gasteiger partial charge is 0.407 e. The zero-order valence-corrected chi connectivity index (χ0v) is 13.5. The maximum absolute atomic E-state index is 5.74. The van der Waals surface area contributed by atoms with Crippen molar-refractivity contribution in [3.63, 3.8) is 0 Å². The van der Waals surface area contributed by atoms with E-state index in [2.05, 4.69) is 34.3 Å². The van der Waals surface area contributed by atoms with Gasteiger partial charge in [-0.15, -0.1) is 5.10 Å². The number of piperidine rings is 1. The van der Waals surface area contributed by atoms with E-state index in [1.54, 1.807) is 7.11 Å². The predicted molar refractivity (Wildman–Crippen MR) is 82.3 cm³/mol. The highest BCUT2D eigenvalue weighted by molar-refractivity contribution is 5.25. The van der Waals surface area contributed by atoms with Crippen LogP contribution in [-0.2, 0) is 11.3 Å². The van der Waals surface area contributed by atoms with E-state index in [0.29, 0.717) is 30.5 Å². The third-order valence-electron chi connectivity index (χ3n) is 4.81. The van der Waals surface area contributed by atoms with E-state index in [4.69, 9.17) is 9.15 Å². The van der Waals surface area contributed by atoms with Crippen molar-refractivity contribution in [1.82, 2.24) is 15.5 Å². The lowest BCUT2D eigenvalue weighted by molar-refractivity contribution is 0.195. The second-order valence-corrected chi connectivity index (χ2v) is 5.84. The molecule has 2 rings (SSSR count). The van der Waals surface area contributed by atoms with Crippen LogP contribution in [0.25, 0.3) is 0 Å². The van der Waals surface area contributed by atoms with Crippen molar-refractivity contribution < 1.29 is 9.15 Å². The molecule has 1 aromatic rings. The number of hydrogen-bond acceptors (Lipinski definition) is 6. The van der Waals surface area contributed by atoms with Crippen molar-refractivity contribution in [2.45, 2.75) is 46.1 Å². The van der Waals surface area contributed by atoms with Crippen LogP contribution in [0.5, 0.6) is 0 Å². The molecule has 120 valence electrons. The molecule has 1 N–H and O–H groups in total. The lowest BCUT2D eigenvalue weighted by Crippen LogP contribution is -2.39. The maximum Gasteiger partial charge on any atom is 0.318 e. The van der Waals surface area contributed by atoms with Crippen molar-refractivity contribution in [2.24, 2.45) is 5.41 Å². The predicted octanol–water partition coefficient (Wildman–Crippen LogP) is 2.21. The number of nitrogens with zero attached hydrogens (tertiary/aromatic N) is 3. The number of methoxy groups -OCH3 is 1. The van der Waals surface area contributed by atoms with E-state index in [9.17, 15) is 0 Å². The van der Waals surface area contributed by atoms with Gasteiger partial charge in [-0.1, -0.05) is 31.8 Å². The first-order valence-electron chi connectivity index (χ1n) is 8.00. The zero-order chi connectivity index (χ0) is 15.1. The summed E-state index contributed by atoms with van der Waals surface area (Å²) in [5, 5.41) is 11.5. The molecule has 1 aliphatic rings. The van der Waals surface area contributed by atoms with Gasteiger partial charge in [0, 0.05) is 26.7 Å². The molecule has 0 amide bonds. The number of aromatic nitrogens is 2. The van der Waals surface area contributed by atoms with Crippen LogP contribution in [0.15, 0.2) is 4.42 Å². The van der Waals surface area contributed by atoms with Gasteiger partial charge in [0.25, 0.3) is 0 Å². The summed E-state index contributed by atoms with van der Waals surface area (Å²) in [4.78, 5) is 2.22. The molecule has 0 atom stereocenters. The third kappa shape index (κ3) is 4.17. The Bertz CT molecular complexity index is 408. The molecule has 0 saturated carbocycles. The highest BCUT2D eigenvalue weighted by Crippen LogP contribution is 2.38. The molecule has 0 spiro atoms. The molecule has 1 aromatic heterocycles. The second kappa shape index (κ2) is 7.75. The first-order chi connectivity index (χ1) is 10.2. The standard InChI is InChI=1S/C15H28N4O2/c1-4-15(5-2)6-9-19(10-7-15)14-18-17-13(21-14)12-16-8-11-20-3/h16H,4-12H2,1-3H3. The van der Waals surface area contributed by atoms with Crippen LogP contribution < -0.4 is 10.2 Å². The van der Waals surface area contributed by atoms with Gasteiger partial charge in [-0.25, -0.2) is 0 Å². The first-order valence-corrected chi connectivity index (χ1v) is 8.00. The van der Waals surface area contributed by atoms with Gasteiger partial charge >= 0.3 is 6.01 Å². The summed E-state index contributed by atoms with van der Waals surface area (Å²) >= 11 is 0. The summed E-state index contributed by atoms with van der Waals surface area (Å²) in [6.07, 6.45) is 4.94. The van der Waals surface area contributed by atoms with E-state index >= 15 is 0 Å². The van der Waals surface area contributed by atoms with E-state index in [-0.39, 0.29) is 0 Å². The number of nitrogens with one attached hydrogen (secondary N) is 1. The van der Waals surface area contributed by atoms with Crippen molar-refractivity contribution in [1.29, 1.82) is 0 Å². The fourth-order valence-electron chi connectivity index (χ4n) is 2.94. The minimum atomic E-state index is 0.515. The van der Waals surface area contributed by atoms with E-state index in [1.807, 2.05) is 0 Å². The second-order valence-electron chi connectivity index (χ2n) is 5.84. The molecule has 1 fully saturated rings. The monoisotopic (exact) mass is 296 g/mol. The minimum Gasteiger partial charge on any atom is -0.407 e. The smallest absolute Gasteiger partial charge is 0.318 e. The molecular formula is C15H28N4O2. The van der Waals surface area contributed by atoms with E-state index < -0.39 is 0 Å². The summed E-state index contributed by atoms with van der Waals surface area (Å²) in [7, 11) is 1.69. The van der Waals surface area contributed by atoms with Crippen LogP contribution in [0.3, 0.4) is 0 Å². The topological polar surface area (TPSA) is 63.4 Å². The molecular weight excluding hydrogens is 268 g/mol. The van der Waals surface area contributed by atoms with Gasteiger partial charge < -0.3 is 19.4 Å². The normalized spacial score (nSPS) is 18.1. The zero-order valence-electron chi connectivity index (χ0n) is 13.5. The van der Waals surface area contributed by atoms with Gasteiger partial charge in [0.05, 0.1) is 13.2 Å². The molecule has 1 aliphatic heterocycles. The van der Waals surface area contributed by atoms with Gasteiger partial charge in [0.1, 0.15) is 0 Å². The Hall–Kier alpha value is -1.14. The number of rotatable bonds is 8. The number of anilines is 1. The molecule has 0 aromatic carbocycles. The molecule has 1 saturated heterocycles. The summed E-state index contributed by atoms with van der Waals surface area (Å²) in [6, 6.07) is 0.666. The van der Waals surface area contributed by atoms with E-state index in [0.717, 1.165) is 19.6 Å². The van der Waals surface area contributed by atoms with Crippen LogP contribution in [0.2, 0.25) is 0 Å². The molecule has 6 heteroatoms. The Morgan fingerprint density at radius 2 is 1.95 bits per heavy atom. The van der Waals surface area contributed by atoms with Crippen molar-refractivity contribution in [2.75, 3.05) is 38.3 Å². The van der Waals surface area contributed by atoms with Crippen molar-refractivity contribution in [3.05, 3.63) is 5.89 Å². The third-order valence-corrected chi connectivity index (χ3v) is 4.81. The lowest BCUT2D eigenvalue weighted by atomic mass is 9.74. The summed E-state index contributed by atoms with van der Waals surface area (Å²) in [5.41, 5.74) is 0.515. The Kier molecular flexibility index (Phi) is 5.99. The fourth-order valence-corrected chi connectivity index (χ4v) is 2.94. The highest BCUT2D eigenvalue weighted by Gasteiger charge is 2.32. The Labute approximate surface area is 127 Å². The SMILES string of the molecule is CCC1(CC)CCN(c2nnc(CNCCOC)o2)CC1. The van der Waals surface area contributed by atoms with Gasteiger partial charge in [-0.3, -0.25) is 0 Å². The Morgan fingerprint density at radius 3 is 2.57 bits per heavy atom. The maximum atomic E-state index is 5.74. The van der Waals surface area contributed by atoms with Crippen molar-refractivity contribution in [3.8, 4) is 0 Å². The first kappa shape index (κ1) is 16.2. The molecule has 0 aliphatic carbocycles. The van der Waals surface area contributed by atoms with Gasteiger partial charge in [-0.05, 0) is 18.3 Å². The van der Waals surface area contributed by atoms with Crippen LogP contribution >= 0.6 is 0 Å². The molecule has 0 unspecified atom stereocenters. The average molecular weight is 296 g/mol. The summed E-state index contributed by atoms with van der Waals surface area (Å²) < 4.78 is 10.7. The van der Waals surface area contributed by atoms with Crippen LogP contribution in [-0.4, -0.2) is 43.5 Å². The number of ether oxygens (including phenoxy) is 1. The molecule has 6 nitrogen and oxygen atoms in total. The summed E-state index contributed by atoms with van der Waals surface area (Å²) in [5.74, 6) is 0.643. The Morgan fingerprint density at radius 1 is 1.24 bits per heavy atom. The lowest BCUT2D eigenvalue weighted by Gasteiger charge is -2.40. The molecule has 2 heterocycles. The minimum absolute atomic E-state index is 0.515. The van der Waals surface area contributed by atoms with Crippen molar-refractivity contribution >= 4 is 6.01 Å². The summed E-state index contributed by atoms with van der Waals surface area (Å²) in [6.45, 7) is 8.70. The van der Waals surface area contributed by atoms with Crippen LogP contribution in [0, 0.1) is 5.41 Å². The van der Waals surface area contributed by atoms with Crippen LogP contribution in [0.1, 0.15) is 45.4 Å². The highest BCUT2D eigenvalue weighted by atomic mass is 16.5. The molecule has 0 radical (unpaired) electrons.